The fourth-order valence-corrected chi connectivity index (χ4v) is 4.36. The maximum atomic E-state index is 13.1. The zero-order chi connectivity index (χ0) is 18.3. The third-order valence-electron chi connectivity index (χ3n) is 4.43. The topological polar surface area (TPSA) is 76.3 Å². The zero-order valence-corrected chi connectivity index (χ0v) is 15.7. The Morgan fingerprint density at radius 1 is 1.31 bits per heavy atom. The van der Waals surface area contributed by atoms with Crippen molar-refractivity contribution in [2.75, 3.05) is 11.4 Å². The standard InChI is InChI=1S/C18H20N6OS/c1-4-9-23(18-20-13-7-5-6-8-14(13)26-18)16(25)15-21-17-19-11(2)10-12(3)24(17)22-15/h4,10H,1,5-9H2,2-3H3. The molecule has 0 spiro atoms. The normalized spacial score (nSPS) is 13.6. The molecule has 0 fully saturated rings. The van der Waals surface area contributed by atoms with Gasteiger partial charge in [-0.2, -0.15) is 4.98 Å². The molecule has 1 aliphatic rings. The van der Waals surface area contributed by atoms with Crippen LogP contribution in [0.1, 0.15) is 45.4 Å². The van der Waals surface area contributed by atoms with Crippen molar-refractivity contribution in [1.29, 1.82) is 0 Å². The summed E-state index contributed by atoms with van der Waals surface area (Å²) in [6.07, 6.45) is 6.06. The van der Waals surface area contributed by atoms with E-state index in [1.165, 1.54) is 11.3 Å². The molecule has 0 unspecified atom stereocenters. The monoisotopic (exact) mass is 368 g/mol. The van der Waals surface area contributed by atoms with Crippen molar-refractivity contribution < 1.29 is 4.79 Å². The molecule has 3 aromatic rings. The molecule has 0 N–H and O–H groups in total. The van der Waals surface area contributed by atoms with E-state index in [2.05, 4.69) is 21.6 Å². The first-order valence-corrected chi connectivity index (χ1v) is 9.51. The molecule has 0 saturated heterocycles. The lowest BCUT2D eigenvalue weighted by molar-refractivity contribution is 0.0980. The number of thiazole rings is 1. The molecule has 1 aliphatic carbocycles. The van der Waals surface area contributed by atoms with Gasteiger partial charge in [0.1, 0.15) is 0 Å². The summed E-state index contributed by atoms with van der Waals surface area (Å²) in [5.74, 6) is 0.280. The van der Waals surface area contributed by atoms with Crippen LogP contribution in [0.15, 0.2) is 18.7 Å². The molecular weight excluding hydrogens is 348 g/mol. The van der Waals surface area contributed by atoms with Gasteiger partial charge in [-0.05, 0) is 45.6 Å². The van der Waals surface area contributed by atoms with Crippen molar-refractivity contribution in [1.82, 2.24) is 24.6 Å². The Kier molecular flexibility index (Phi) is 4.28. The van der Waals surface area contributed by atoms with Crippen LogP contribution in [0.3, 0.4) is 0 Å². The van der Waals surface area contributed by atoms with Crippen molar-refractivity contribution in [3.05, 3.63) is 46.5 Å². The molecule has 0 aromatic carbocycles. The van der Waals surface area contributed by atoms with E-state index in [0.29, 0.717) is 17.5 Å². The lowest BCUT2D eigenvalue weighted by Gasteiger charge is -2.15. The number of amides is 1. The Morgan fingerprint density at radius 3 is 2.88 bits per heavy atom. The fourth-order valence-electron chi connectivity index (χ4n) is 3.21. The molecular formula is C18H20N6OS. The number of rotatable bonds is 4. The van der Waals surface area contributed by atoms with Gasteiger partial charge >= 0.3 is 0 Å². The molecule has 0 atom stereocenters. The molecule has 134 valence electrons. The van der Waals surface area contributed by atoms with E-state index in [1.54, 1.807) is 26.8 Å². The van der Waals surface area contributed by atoms with Crippen LogP contribution in [0, 0.1) is 13.8 Å². The van der Waals surface area contributed by atoms with Crippen LogP contribution in [0.5, 0.6) is 0 Å². The average molecular weight is 368 g/mol. The summed E-state index contributed by atoms with van der Waals surface area (Å²) in [7, 11) is 0. The van der Waals surface area contributed by atoms with Gasteiger partial charge in [0, 0.05) is 22.8 Å². The third-order valence-corrected chi connectivity index (χ3v) is 5.61. The van der Waals surface area contributed by atoms with Gasteiger partial charge in [-0.3, -0.25) is 9.69 Å². The van der Waals surface area contributed by atoms with Crippen LogP contribution >= 0.6 is 11.3 Å². The van der Waals surface area contributed by atoms with E-state index < -0.39 is 0 Å². The first-order chi connectivity index (χ1) is 12.6. The average Bonchev–Trinajstić information content (AvgIpc) is 3.22. The second-order valence-electron chi connectivity index (χ2n) is 6.46. The zero-order valence-electron chi connectivity index (χ0n) is 14.9. The molecule has 0 aliphatic heterocycles. The lowest BCUT2D eigenvalue weighted by atomic mass is 10.0. The summed E-state index contributed by atoms with van der Waals surface area (Å²) in [4.78, 5) is 29.4. The molecule has 0 bridgehead atoms. The summed E-state index contributed by atoms with van der Waals surface area (Å²) >= 11 is 1.59. The maximum Gasteiger partial charge on any atom is 0.300 e. The number of hydrogen-bond donors (Lipinski definition) is 0. The molecule has 0 radical (unpaired) electrons. The molecule has 26 heavy (non-hydrogen) atoms. The molecule has 3 heterocycles. The number of carbonyl (C=O) groups is 1. The molecule has 8 heteroatoms. The number of carbonyl (C=O) groups excluding carboxylic acids is 1. The van der Waals surface area contributed by atoms with E-state index in [9.17, 15) is 4.79 Å². The summed E-state index contributed by atoms with van der Waals surface area (Å²) in [6, 6.07) is 1.91. The van der Waals surface area contributed by atoms with Crippen LogP contribution < -0.4 is 4.90 Å². The Morgan fingerprint density at radius 2 is 2.12 bits per heavy atom. The predicted molar refractivity (Wildman–Crippen MR) is 101 cm³/mol. The van der Waals surface area contributed by atoms with Crippen molar-refractivity contribution in [3.63, 3.8) is 0 Å². The molecule has 1 amide bonds. The number of aryl methyl sites for hydroxylation is 4. The molecule has 0 saturated carbocycles. The van der Waals surface area contributed by atoms with E-state index in [-0.39, 0.29) is 11.7 Å². The SMILES string of the molecule is C=CCN(C(=O)c1nc2nc(C)cc(C)n2n1)c1nc2c(s1)CCCC2. The number of nitrogens with zero attached hydrogens (tertiary/aromatic N) is 6. The number of hydrogen-bond acceptors (Lipinski definition) is 6. The van der Waals surface area contributed by atoms with E-state index in [0.717, 1.165) is 36.3 Å². The van der Waals surface area contributed by atoms with Gasteiger partial charge in [0.2, 0.25) is 5.82 Å². The first-order valence-electron chi connectivity index (χ1n) is 8.69. The third kappa shape index (κ3) is 2.90. The van der Waals surface area contributed by atoms with E-state index >= 15 is 0 Å². The first kappa shape index (κ1) is 16.8. The minimum absolute atomic E-state index is 0.126. The van der Waals surface area contributed by atoms with Gasteiger partial charge in [0.25, 0.3) is 11.7 Å². The van der Waals surface area contributed by atoms with Crippen LogP contribution in [-0.4, -0.2) is 37.0 Å². The van der Waals surface area contributed by atoms with Crippen molar-refractivity contribution in [2.24, 2.45) is 0 Å². The Bertz CT molecular complexity index is 981. The summed E-state index contributed by atoms with van der Waals surface area (Å²) in [5, 5.41) is 5.05. The highest BCUT2D eigenvalue weighted by atomic mass is 32.1. The molecule has 7 nitrogen and oxygen atoms in total. The van der Waals surface area contributed by atoms with Gasteiger partial charge in [-0.1, -0.05) is 6.08 Å². The molecule has 3 aromatic heterocycles. The van der Waals surface area contributed by atoms with Gasteiger partial charge in [-0.25, -0.2) is 14.5 Å². The van der Waals surface area contributed by atoms with E-state index in [1.807, 2.05) is 19.9 Å². The van der Waals surface area contributed by atoms with Crippen LogP contribution in [0.2, 0.25) is 0 Å². The van der Waals surface area contributed by atoms with Crippen LogP contribution in [0.4, 0.5) is 5.13 Å². The highest BCUT2D eigenvalue weighted by Gasteiger charge is 2.26. The minimum Gasteiger partial charge on any atom is -0.277 e. The van der Waals surface area contributed by atoms with Crippen molar-refractivity contribution in [3.8, 4) is 0 Å². The second-order valence-corrected chi connectivity index (χ2v) is 7.53. The number of aromatic nitrogens is 5. The van der Waals surface area contributed by atoms with Gasteiger partial charge < -0.3 is 0 Å². The minimum atomic E-state index is -0.279. The van der Waals surface area contributed by atoms with Crippen LogP contribution in [0.25, 0.3) is 5.78 Å². The van der Waals surface area contributed by atoms with Crippen molar-refractivity contribution in [2.45, 2.75) is 39.5 Å². The van der Waals surface area contributed by atoms with Crippen molar-refractivity contribution >= 4 is 28.2 Å². The Hall–Kier alpha value is -2.61. The van der Waals surface area contributed by atoms with Gasteiger partial charge in [0.05, 0.1) is 5.69 Å². The smallest absolute Gasteiger partial charge is 0.277 e. The largest absolute Gasteiger partial charge is 0.300 e. The quantitative estimate of drug-likeness (QED) is 0.662. The lowest BCUT2D eigenvalue weighted by Crippen LogP contribution is -2.32. The Labute approximate surface area is 155 Å². The second kappa shape index (κ2) is 6.60. The van der Waals surface area contributed by atoms with Crippen LogP contribution in [-0.2, 0) is 12.8 Å². The summed E-state index contributed by atoms with van der Waals surface area (Å²) < 4.78 is 1.60. The molecule has 4 rings (SSSR count). The van der Waals surface area contributed by atoms with E-state index in [4.69, 9.17) is 4.98 Å². The number of fused-ring (bicyclic) bond motifs is 2. The highest BCUT2D eigenvalue weighted by Crippen LogP contribution is 2.32. The Balaban J connectivity index is 1.72. The number of anilines is 1. The maximum absolute atomic E-state index is 13.1. The fraction of sp³-hybridized carbons (Fsp3) is 0.389. The van der Waals surface area contributed by atoms with Gasteiger partial charge in [0.15, 0.2) is 5.13 Å². The summed E-state index contributed by atoms with van der Waals surface area (Å²) in [5.41, 5.74) is 2.85. The van der Waals surface area contributed by atoms with Gasteiger partial charge in [-0.15, -0.1) is 23.0 Å². The predicted octanol–water partition coefficient (Wildman–Crippen LogP) is 2.91. The highest BCUT2D eigenvalue weighted by molar-refractivity contribution is 7.16. The summed E-state index contributed by atoms with van der Waals surface area (Å²) in [6.45, 7) is 7.96.